The van der Waals surface area contributed by atoms with Crippen molar-refractivity contribution in [1.29, 1.82) is 0 Å². The van der Waals surface area contributed by atoms with E-state index in [2.05, 4.69) is 25.9 Å². The molecule has 0 aliphatic carbocycles. The quantitative estimate of drug-likeness (QED) is 0.543. The van der Waals surface area contributed by atoms with Gasteiger partial charge in [0.1, 0.15) is 0 Å². The van der Waals surface area contributed by atoms with Crippen molar-refractivity contribution in [3.63, 3.8) is 0 Å². The van der Waals surface area contributed by atoms with Crippen molar-refractivity contribution in [1.82, 2.24) is 4.83 Å². The standard InChI is InChI=1S/C17H13BrN2O2S/c18-15-8-10-16(11-9-15)23(21,22)20-19-12-14-6-3-5-13-4-1-2-7-17(13)14/h1-12,20H/b19-12-. The zero-order chi connectivity index (χ0) is 16.3. The third-order valence-corrected chi connectivity index (χ3v) is 5.09. The highest BCUT2D eigenvalue weighted by atomic mass is 79.9. The highest BCUT2D eigenvalue weighted by molar-refractivity contribution is 9.10. The number of benzene rings is 3. The number of nitrogens with one attached hydrogen (secondary N) is 1. The molecule has 0 heterocycles. The van der Waals surface area contributed by atoms with Gasteiger partial charge < -0.3 is 0 Å². The van der Waals surface area contributed by atoms with Crippen LogP contribution in [0.2, 0.25) is 0 Å². The van der Waals surface area contributed by atoms with Gasteiger partial charge in [-0.3, -0.25) is 0 Å². The Morgan fingerprint density at radius 1 is 0.913 bits per heavy atom. The van der Waals surface area contributed by atoms with Crippen molar-refractivity contribution < 1.29 is 8.42 Å². The Balaban J connectivity index is 1.84. The fraction of sp³-hybridized carbons (Fsp3) is 0. The van der Waals surface area contributed by atoms with E-state index in [-0.39, 0.29) is 4.90 Å². The van der Waals surface area contributed by atoms with E-state index in [0.717, 1.165) is 20.8 Å². The van der Waals surface area contributed by atoms with E-state index in [1.807, 2.05) is 42.5 Å². The number of halogens is 1. The first kappa shape index (κ1) is 15.7. The molecule has 0 radical (unpaired) electrons. The van der Waals surface area contributed by atoms with Crippen molar-refractivity contribution in [2.24, 2.45) is 5.10 Å². The summed E-state index contributed by atoms with van der Waals surface area (Å²) in [6.07, 6.45) is 1.51. The molecule has 23 heavy (non-hydrogen) atoms. The zero-order valence-corrected chi connectivity index (χ0v) is 14.4. The smallest absolute Gasteiger partial charge is 0.200 e. The van der Waals surface area contributed by atoms with Gasteiger partial charge in [-0.25, -0.2) is 4.83 Å². The van der Waals surface area contributed by atoms with E-state index >= 15 is 0 Å². The first-order valence-electron chi connectivity index (χ1n) is 6.84. The highest BCUT2D eigenvalue weighted by Crippen LogP contribution is 2.17. The number of fused-ring (bicyclic) bond motifs is 1. The topological polar surface area (TPSA) is 58.5 Å². The van der Waals surface area contributed by atoms with Gasteiger partial charge in [0.15, 0.2) is 0 Å². The van der Waals surface area contributed by atoms with Crippen LogP contribution in [0.1, 0.15) is 5.56 Å². The molecule has 3 rings (SSSR count). The molecule has 6 heteroatoms. The van der Waals surface area contributed by atoms with Crippen LogP contribution in [-0.2, 0) is 10.0 Å². The molecule has 0 amide bonds. The molecule has 0 fully saturated rings. The molecule has 0 saturated carbocycles. The largest absolute Gasteiger partial charge is 0.276 e. The van der Waals surface area contributed by atoms with Crippen molar-refractivity contribution >= 4 is 42.9 Å². The minimum atomic E-state index is -3.67. The molecule has 0 aliphatic rings. The summed E-state index contributed by atoms with van der Waals surface area (Å²) in [5.41, 5.74) is 0.849. The molecule has 0 saturated heterocycles. The maximum atomic E-state index is 12.2. The van der Waals surface area contributed by atoms with Crippen LogP contribution in [0.3, 0.4) is 0 Å². The first-order valence-corrected chi connectivity index (χ1v) is 9.12. The molecule has 0 aliphatic heterocycles. The number of nitrogens with zero attached hydrogens (tertiary/aromatic N) is 1. The molecule has 0 unspecified atom stereocenters. The molecular weight excluding hydrogens is 376 g/mol. The monoisotopic (exact) mass is 388 g/mol. The summed E-state index contributed by atoms with van der Waals surface area (Å²) in [5, 5.41) is 5.98. The fourth-order valence-electron chi connectivity index (χ4n) is 2.19. The van der Waals surface area contributed by atoms with Crippen LogP contribution in [0.5, 0.6) is 0 Å². The van der Waals surface area contributed by atoms with Crippen LogP contribution in [-0.4, -0.2) is 14.6 Å². The summed E-state index contributed by atoms with van der Waals surface area (Å²) in [5.74, 6) is 0. The molecule has 116 valence electrons. The fourth-order valence-corrected chi connectivity index (χ4v) is 3.25. The number of hydrogen-bond acceptors (Lipinski definition) is 3. The van der Waals surface area contributed by atoms with Crippen LogP contribution in [0.25, 0.3) is 10.8 Å². The summed E-state index contributed by atoms with van der Waals surface area (Å²) in [7, 11) is -3.67. The van der Waals surface area contributed by atoms with E-state index in [9.17, 15) is 8.42 Å². The minimum Gasteiger partial charge on any atom is -0.200 e. The summed E-state index contributed by atoms with van der Waals surface area (Å²) in [4.78, 5) is 2.40. The van der Waals surface area contributed by atoms with Gasteiger partial charge in [-0.2, -0.15) is 13.5 Å². The second-order valence-electron chi connectivity index (χ2n) is 4.88. The number of rotatable bonds is 4. The third-order valence-electron chi connectivity index (χ3n) is 3.32. The number of sulfonamides is 1. The molecule has 0 atom stereocenters. The van der Waals surface area contributed by atoms with Gasteiger partial charge in [0.25, 0.3) is 10.0 Å². The number of hydrazone groups is 1. The summed E-state index contributed by atoms with van der Waals surface area (Å²) in [6.45, 7) is 0. The van der Waals surface area contributed by atoms with Gasteiger partial charge in [-0.1, -0.05) is 58.4 Å². The molecular formula is C17H13BrN2O2S. The highest BCUT2D eigenvalue weighted by Gasteiger charge is 2.11. The average molecular weight is 389 g/mol. The van der Waals surface area contributed by atoms with Gasteiger partial charge in [-0.05, 0) is 35.0 Å². The Kier molecular flexibility index (Phi) is 4.45. The lowest BCUT2D eigenvalue weighted by Crippen LogP contribution is -2.18. The predicted molar refractivity (Wildman–Crippen MR) is 96.0 cm³/mol. The van der Waals surface area contributed by atoms with Gasteiger partial charge >= 0.3 is 0 Å². The first-order chi connectivity index (χ1) is 11.1. The second-order valence-corrected chi connectivity index (χ2v) is 7.45. The zero-order valence-electron chi connectivity index (χ0n) is 12.0. The van der Waals surface area contributed by atoms with Crippen LogP contribution < -0.4 is 4.83 Å². The summed E-state index contributed by atoms with van der Waals surface area (Å²) >= 11 is 3.27. The van der Waals surface area contributed by atoms with Crippen LogP contribution in [0, 0.1) is 0 Å². The summed E-state index contributed by atoms with van der Waals surface area (Å²) < 4.78 is 25.1. The Bertz CT molecular complexity index is 962. The van der Waals surface area contributed by atoms with Crippen LogP contribution in [0.15, 0.2) is 81.2 Å². The normalized spacial score (nSPS) is 11.9. The van der Waals surface area contributed by atoms with Crippen molar-refractivity contribution in [3.05, 3.63) is 76.8 Å². The Morgan fingerprint density at radius 3 is 2.39 bits per heavy atom. The maximum Gasteiger partial charge on any atom is 0.276 e. The lowest BCUT2D eigenvalue weighted by atomic mass is 10.1. The van der Waals surface area contributed by atoms with Gasteiger partial charge in [0.05, 0.1) is 11.1 Å². The lowest BCUT2D eigenvalue weighted by molar-refractivity contribution is 0.584. The Hall–Kier alpha value is -2.18. The average Bonchev–Trinajstić information content (AvgIpc) is 2.55. The second kappa shape index (κ2) is 6.52. The van der Waals surface area contributed by atoms with E-state index < -0.39 is 10.0 Å². The molecule has 0 bridgehead atoms. The molecule has 1 N–H and O–H groups in total. The Morgan fingerprint density at radius 2 is 1.61 bits per heavy atom. The molecule has 0 spiro atoms. The molecule has 4 nitrogen and oxygen atoms in total. The van der Waals surface area contributed by atoms with Gasteiger partial charge in [-0.15, -0.1) is 0 Å². The molecule has 3 aromatic rings. The van der Waals surface area contributed by atoms with Crippen molar-refractivity contribution in [2.45, 2.75) is 4.90 Å². The van der Waals surface area contributed by atoms with Gasteiger partial charge in [0, 0.05) is 10.0 Å². The predicted octanol–water partition coefficient (Wildman–Crippen LogP) is 3.91. The summed E-state index contributed by atoms with van der Waals surface area (Å²) in [6, 6.07) is 20.0. The molecule has 3 aromatic carbocycles. The molecule has 0 aromatic heterocycles. The van der Waals surface area contributed by atoms with Crippen molar-refractivity contribution in [2.75, 3.05) is 0 Å². The van der Waals surface area contributed by atoms with Crippen molar-refractivity contribution in [3.8, 4) is 0 Å². The van der Waals surface area contributed by atoms with E-state index in [0.29, 0.717) is 0 Å². The maximum absolute atomic E-state index is 12.2. The van der Waals surface area contributed by atoms with E-state index in [4.69, 9.17) is 0 Å². The lowest BCUT2D eigenvalue weighted by Gasteiger charge is -2.04. The number of hydrogen-bond donors (Lipinski definition) is 1. The minimum absolute atomic E-state index is 0.163. The van der Waals surface area contributed by atoms with E-state index in [1.165, 1.54) is 18.3 Å². The SMILES string of the molecule is O=S(=O)(N/N=C\c1cccc2ccccc12)c1ccc(Br)cc1. The Labute approximate surface area is 143 Å². The third kappa shape index (κ3) is 3.60. The van der Waals surface area contributed by atoms with Crippen LogP contribution >= 0.6 is 15.9 Å². The van der Waals surface area contributed by atoms with Gasteiger partial charge in [0.2, 0.25) is 0 Å². The van der Waals surface area contributed by atoms with E-state index in [1.54, 1.807) is 12.1 Å². The van der Waals surface area contributed by atoms with Crippen LogP contribution in [0.4, 0.5) is 0 Å².